The maximum atomic E-state index is 6.95. The molecule has 2 heterocycles. The third-order valence-electron chi connectivity index (χ3n) is 7.37. The molecule has 0 radical (unpaired) electrons. The maximum absolute atomic E-state index is 6.95. The van der Waals surface area contributed by atoms with Crippen LogP contribution in [-0.2, 0) is 16.6 Å². The van der Waals surface area contributed by atoms with Crippen molar-refractivity contribution in [1.82, 2.24) is 4.90 Å². The van der Waals surface area contributed by atoms with E-state index in [2.05, 4.69) is 43.2 Å². The van der Waals surface area contributed by atoms with Gasteiger partial charge in [-0.05, 0) is 62.6 Å². The Balaban J connectivity index is 1.84. The molecule has 4 aliphatic rings. The van der Waals surface area contributed by atoms with E-state index in [4.69, 9.17) is 14.2 Å². The van der Waals surface area contributed by atoms with Crippen molar-refractivity contribution in [2.24, 2.45) is 0 Å². The van der Waals surface area contributed by atoms with Gasteiger partial charge in [-0.25, -0.2) is 0 Å². The Labute approximate surface area is 161 Å². The number of likely N-dealkylation sites (tertiary alicyclic amines) is 1. The minimum absolute atomic E-state index is 0.128. The van der Waals surface area contributed by atoms with E-state index in [1.165, 1.54) is 16.7 Å². The lowest BCUT2D eigenvalue weighted by atomic mass is 9.51. The van der Waals surface area contributed by atoms with Crippen molar-refractivity contribution in [2.75, 3.05) is 27.8 Å². The number of allylic oxidation sites excluding steroid dienone is 2. The number of piperidine rings is 1. The molecular weight excluding hydrogens is 338 g/mol. The predicted octanol–water partition coefficient (Wildman–Crippen LogP) is 3.98. The molecule has 2 aliphatic heterocycles. The number of nitrogens with zero attached hydrogens (tertiary/aromatic N) is 1. The highest BCUT2D eigenvalue weighted by Crippen LogP contribution is 2.67. The molecular formula is C23H29NO3. The Hall–Kier alpha value is -1.94. The van der Waals surface area contributed by atoms with Crippen molar-refractivity contribution < 1.29 is 14.2 Å². The Morgan fingerprint density at radius 1 is 1.22 bits per heavy atom. The molecule has 4 heteroatoms. The van der Waals surface area contributed by atoms with Crippen molar-refractivity contribution in [3.05, 3.63) is 46.7 Å². The molecule has 4 nitrogen and oxygen atoms in total. The van der Waals surface area contributed by atoms with Gasteiger partial charge in [-0.15, -0.1) is 0 Å². The number of hydrogen-bond donors (Lipinski definition) is 0. The number of methoxy groups -OCH3 is 2. The second-order valence-corrected chi connectivity index (χ2v) is 8.38. The smallest absolute Gasteiger partial charge is 0.179 e. The van der Waals surface area contributed by atoms with E-state index in [9.17, 15) is 0 Å². The Morgan fingerprint density at radius 3 is 2.81 bits per heavy atom. The molecule has 1 spiro atoms. The third kappa shape index (κ3) is 1.87. The summed E-state index contributed by atoms with van der Waals surface area (Å²) in [5, 5.41) is 0. The molecule has 1 fully saturated rings. The van der Waals surface area contributed by atoms with Crippen LogP contribution in [0, 0.1) is 0 Å². The highest BCUT2D eigenvalue weighted by atomic mass is 16.6. The van der Waals surface area contributed by atoms with E-state index in [0.29, 0.717) is 6.04 Å². The van der Waals surface area contributed by atoms with E-state index in [1.807, 2.05) is 0 Å². The van der Waals surface area contributed by atoms with Gasteiger partial charge in [0.1, 0.15) is 5.76 Å². The molecule has 1 saturated heterocycles. The topological polar surface area (TPSA) is 30.9 Å². The summed E-state index contributed by atoms with van der Waals surface area (Å²) in [6.07, 6.45) is 9.81. The van der Waals surface area contributed by atoms with Crippen LogP contribution in [0.25, 0.3) is 0 Å². The highest BCUT2D eigenvalue weighted by Gasteiger charge is 2.69. The molecule has 2 bridgehead atoms. The molecule has 0 saturated carbocycles. The van der Waals surface area contributed by atoms with Gasteiger partial charge in [-0.2, -0.15) is 0 Å². The first-order valence-electron chi connectivity index (χ1n) is 10.2. The first-order valence-corrected chi connectivity index (χ1v) is 10.2. The molecule has 0 aromatic heterocycles. The van der Waals surface area contributed by atoms with Crippen LogP contribution in [0.5, 0.6) is 11.5 Å². The van der Waals surface area contributed by atoms with Crippen molar-refractivity contribution in [3.8, 4) is 11.5 Å². The second-order valence-electron chi connectivity index (χ2n) is 8.38. The fourth-order valence-electron chi connectivity index (χ4n) is 6.17. The zero-order chi connectivity index (χ0) is 18.8. The highest BCUT2D eigenvalue weighted by molar-refractivity contribution is 5.69. The van der Waals surface area contributed by atoms with Crippen LogP contribution in [0.15, 0.2) is 35.6 Å². The summed E-state index contributed by atoms with van der Waals surface area (Å²) in [6, 6.07) is 4.77. The number of rotatable bonds is 5. The minimum atomic E-state index is -0.451. The maximum Gasteiger partial charge on any atom is 0.179 e. The lowest BCUT2D eigenvalue weighted by molar-refractivity contribution is -0.0209. The van der Waals surface area contributed by atoms with Gasteiger partial charge in [-0.1, -0.05) is 25.5 Å². The summed E-state index contributed by atoms with van der Waals surface area (Å²) in [5.74, 6) is 2.76. The van der Waals surface area contributed by atoms with Crippen LogP contribution in [0.4, 0.5) is 0 Å². The lowest BCUT2D eigenvalue weighted by Crippen LogP contribution is -2.64. The Bertz CT molecular complexity index is 857. The third-order valence-corrected chi connectivity index (χ3v) is 7.37. The Kier molecular flexibility index (Phi) is 3.68. The standard InChI is InChI=1S/C23H29NO3/c1-5-6-11-23-19(26-4)10-8-16-17-14-15-7-9-18(25-3)21(27-23)20(15)22(16,23)12-13-24(17)2/h7-10,17H,5-6,11-14H2,1-4H3/t17-,22-,23+/m1/s1. The first kappa shape index (κ1) is 17.2. The lowest BCUT2D eigenvalue weighted by Gasteiger charge is -2.57. The van der Waals surface area contributed by atoms with Crippen LogP contribution in [0.3, 0.4) is 0 Å². The van der Waals surface area contributed by atoms with Gasteiger partial charge in [0.05, 0.1) is 19.6 Å². The summed E-state index contributed by atoms with van der Waals surface area (Å²) >= 11 is 0. The van der Waals surface area contributed by atoms with Gasteiger partial charge in [0.25, 0.3) is 0 Å². The molecule has 2 aliphatic carbocycles. The molecule has 0 amide bonds. The minimum Gasteiger partial charge on any atom is -0.497 e. The van der Waals surface area contributed by atoms with Crippen LogP contribution < -0.4 is 9.47 Å². The normalized spacial score (nSPS) is 33.0. The SMILES string of the molecule is CCCC[C@@]12Oc3c(OC)ccc4c3[C@]13CCN(C)[C@H](C4)C3=CC=C2OC. The van der Waals surface area contributed by atoms with Crippen LogP contribution in [0.2, 0.25) is 0 Å². The van der Waals surface area contributed by atoms with Crippen molar-refractivity contribution in [1.29, 1.82) is 0 Å². The van der Waals surface area contributed by atoms with Gasteiger partial charge < -0.3 is 14.2 Å². The van der Waals surface area contributed by atoms with E-state index < -0.39 is 5.60 Å². The fraction of sp³-hybridized carbons (Fsp3) is 0.565. The molecule has 5 rings (SSSR count). The monoisotopic (exact) mass is 367 g/mol. The zero-order valence-corrected chi connectivity index (χ0v) is 16.8. The number of likely N-dealkylation sites (N-methyl/N-ethyl adjacent to an activating group) is 1. The van der Waals surface area contributed by atoms with E-state index >= 15 is 0 Å². The average molecular weight is 367 g/mol. The van der Waals surface area contributed by atoms with Gasteiger partial charge in [0, 0.05) is 11.6 Å². The summed E-state index contributed by atoms with van der Waals surface area (Å²) in [6.45, 7) is 3.32. The van der Waals surface area contributed by atoms with Crippen molar-refractivity contribution in [3.63, 3.8) is 0 Å². The summed E-state index contributed by atoms with van der Waals surface area (Å²) in [4.78, 5) is 2.51. The van der Waals surface area contributed by atoms with E-state index in [-0.39, 0.29) is 5.41 Å². The van der Waals surface area contributed by atoms with Crippen LogP contribution >= 0.6 is 0 Å². The molecule has 0 unspecified atom stereocenters. The van der Waals surface area contributed by atoms with E-state index in [1.54, 1.807) is 14.2 Å². The number of ether oxygens (including phenoxy) is 3. The Morgan fingerprint density at radius 2 is 2.07 bits per heavy atom. The molecule has 27 heavy (non-hydrogen) atoms. The van der Waals surface area contributed by atoms with Gasteiger partial charge in [0.15, 0.2) is 17.1 Å². The second kappa shape index (κ2) is 5.78. The number of hydrogen-bond acceptors (Lipinski definition) is 4. The predicted molar refractivity (Wildman–Crippen MR) is 105 cm³/mol. The van der Waals surface area contributed by atoms with Crippen LogP contribution in [-0.4, -0.2) is 44.4 Å². The number of benzene rings is 1. The van der Waals surface area contributed by atoms with Gasteiger partial charge in [0.2, 0.25) is 0 Å². The molecule has 3 atom stereocenters. The molecule has 0 N–H and O–H groups in total. The van der Waals surface area contributed by atoms with Crippen molar-refractivity contribution in [2.45, 2.75) is 56.1 Å². The quantitative estimate of drug-likeness (QED) is 0.788. The zero-order valence-electron chi connectivity index (χ0n) is 16.8. The average Bonchev–Trinajstić information content (AvgIpc) is 2.99. The molecule has 1 aromatic carbocycles. The molecule has 1 aromatic rings. The summed E-state index contributed by atoms with van der Waals surface area (Å²) in [7, 11) is 5.78. The molecule has 144 valence electrons. The van der Waals surface area contributed by atoms with Gasteiger partial charge in [-0.3, -0.25) is 4.90 Å². The fourth-order valence-corrected chi connectivity index (χ4v) is 6.17. The van der Waals surface area contributed by atoms with E-state index in [0.717, 1.165) is 55.9 Å². The summed E-state index contributed by atoms with van der Waals surface area (Å²) < 4.78 is 18.7. The largest absolute Gasteiger partial charge is 0.497 e. The number of unbranched alkanes of at least 4 members (excludes halogenated alkanes) is 1. The first-order chi connectivity index (χ1) is 13.1. The van der Waals surface area contributed by atoms with Gasteiger partial charge >= 0.3 is 0 Å². The van der Waals surface area contributed by atoms with Crippen molar-refractivity contribution >= 4 is 0 Å². The van der Waals surface area contributed by atoms with Crippen LogP contribution in [0.1, 0.15) is 43.7 Å². The summed E-state index contributed by atoms with van der Waals surface area (Å²) in [5.41, 5.74) is 3.71.